The summed E-state index contributed by atoms with van der Waals surface area (Å²) >= 11 is 0. The Labute approximate surface area is 150 Å². The minimum Gasteiger partial charge on any atom is -0.492 e. The molecular formula is C16H27IN4O. The second-order valence-electron chi connectivity index (χ2n) is 4.89. The largest absolute Gasteiger partial charge is 0.492 e. The van der Waals surface area contributed by atoms with Crippen LogP contribution in [0.3, 0.4) is 0 Å². The Kier molecular flexibility index (Phi) is 11.6. The van der Waals surface area contributed by atoms with Crippen LogP contribution in [0.1, 0.15) is 5.56 Å². The lowest BCUT2D eigenvalue weighted by molar-refractivity contribution is 0.261. The minimum absolute atomic E-state index is 0. The van der Waals surface area contributed by atoms with Crippen LogP contribution in [0.15, 0.2) is 41.9 Å². The molecule has 0 bridgehead atoms. The first kappa shape index (κ1) is 20.7. The molecule has 0 unspecified atom stereocenters. The van der Waals surface area contributed by atoms with Crippen LogP contribution < -0.4 is 15.4 Å². The molecule has 1 aromatic rings. The van der Waals surface area contributed by atoms with Gasteiger partial charge >= 0.3 is 0 Å². The Morgan fingerprint density at radius 1 is 1.36 bits per heavy atom. The molecule has 0 fully saturated rings. The predicted octanol–water partition coefficient (Wildman–Crippen LogP) is 2.10. The summed E-state index contributed by atoms with van der Waals surface area (Å²) in [7, 11) is 5.82. The molecule has 2 N–H and O–H groups in total. The second kappa shape index (κ2) is 12.3. The zero-order valence-corrected chi connectivity index (χ0v) is 16.0. The molecule has 22 heavy (non-hydrogen) atoms. The molecule has 0 aliphatic rings. The smallest absolute Gasteiger partial charge is 0.191 e. The monoisotopic (exact) mass is 418 g/mol. The SMILES string of the molecule is C=CCNC(=NC)NCc1cccc(OCCN(C)C)c1.I. The van der Waals surface area contributed by atoms with Crippen LogP contribution in [0.5, 0.6) is 5.75 Å². The van der Waals surface area contributed by atoms with Gasteiger partial charge in [-0.25, -0.2) is 0 Å². The van der Waals surface area contributed by atoms with Crippen molar-refractivity contribution in [3.05, 3.63) is 42.5 Å². The first-order valence-corrected chi connectivity index (χ1v) is 7.07. The molecule has 5 nitrogen and oxygen atoms in total. The number of ether oxygens (including phenoxy) is 1. The van der Waals surface area contributed by atoms with E-state index in [2.05, 4.69) is 33.2 Å². The van der Waals surface area contributed by atoms with E-state index in [1.165, 1.54) is 0 Å². The number of nitrogens with one attached hydrogen (secondary N) is 2. The van der Waals surface area contributed by atoms with Crippen LogP contribution in [0.2, 0.25) is 0 Å². The van der Waals surface area contributed by atoms with Gasteiger partial charge in [0.25, 0.3) is 0 Å². The van der Waals surface area contributed by atoms with Crippen LogP contribution in [0.25, 0.3) is 0 Å². The molecule has 0 aliphatic carbocycles. The molecule has 0 aliphatic heterocycles. The normalized spacial score (nSPS) is 10.8. The quantitative estimate of drug-likeness (QED) is 0.294. The third-order valence-corrected chi connectivity index (χ3v) is 2.80. The van der Waals surface area contributed by atoms with Gasteiger partial charge in [-0.2, -0.15) is 0 Å². The molecule has 0 amide bonds. The molecule has 0 saturated carbocycles. The van der Waals surface area contributed by atoms with Crippen LogP contribution in [-0.4, -0.2) is 51.7 Å². The van der Waals surface area contributed by atoms with Gasteiger partial charge in [0.1, 0.15) is 12.4 Å². The van der Waals surface area contributed by atoms with E-state index < -0.39 is 0 Å². The van der Waals surface area contributed by atoms with Crippen molar-refractivity contribution in [1.29, 1.82) is 0 Å². The molecule has 0 spiro atoms. The average Bonchev–Trinajstić information content (AvgIpc) is 2.47. The Morgan fingerprint density at radius 3 is 2.77 bits per heavy atom. The van der Waals surface area contributed by atoms with E-state index in [9.17, 15) is 0 Å². The number of guanidine groups is 1. The van der Waals surface area contributed by atoms with Crippen molar-refractivity contribution < 1.29 is 4.74 Å². The molecule has 0 aromatic heterocycles. The third kappa shape index (κ3) is 8.89. The number of aliphatic imine (C=N–C) groups is 1. The van der Waals surface area contributed by atoms with E-state index in [0.29, 0.717) is 19.7 Å². The van der Waals surface area contributed by atoms with Gasteiger partial charge in [0.2, 0.25) is 0 Å². The Hall–Kier alpha value is -1.28. The number of rotatable bonds is 8. The zero-order chi connectivity index (χ0) is 15.5. The summed E-state index contributed by atoms with van der Waals surface area (Å²) in [5.41, 5.74) is 1.15. The van der Waals surface area contributed by atoms with Crippen molar-refractivity contribution in [1.82, 2.24) is 15.5 Å². The second-order valence-corrected chi connectivity index (χ2v) is 4.89. The van der Waals surface area contributed by atoms with Crippen LogP contribution >= 0.6 is 24.0 Å². The summed E-state index contributed by atoms with van der Waals surface area (Å²) in [6.07, 6.45) is 1.80. The lowest BCUT2D eigenvalue weighted by Gasteiger charge is -2.13. The molecule has 0 radical (unpaired) electrons. The van der Waals surface area contributed by atoms with Gasteiger partial charge in [-0.1, -0.05) is 18.2 Å². The topological polar surface area (TPSA) is 48.9 Å². The highest BCUT2D eigenvalue weighted by atomic mass is 127. The lowest BCUT2D eigenvalue weighted by atomic mass is 10.2. The number of nitrogens with zero attached hydrogens (tertiary/aromatic N) is 2. The maximum atomic E-state index is 5.73. The minimum atomic E-state index is 0. The molecule has 0 heterocycles. The van der Waals surface area contributed by atoms with Gasteiger partial charge in [0.15, 0.2) is 5.96 Å². The van der Waals surface area contributed by atoms with Crippen molar-refractivity contribution >= 4 is 29.9 Å². The number of likely N-dealkylation sites (N-methyl/N-ethyl adjacent to an activating group) is 1. The maximum Gasteiger partial charge on any atom is 0.191 e. The molecular weight excluding hydrogens is 391 g/mol. The Balaban J connectivity index is 0.00000441. The van der Waals surface area contributed by atoms with E-state index >= 15 is 0 Å². The molecule has 124 valence electrons. The predicted molar refractivity (Wildman–Crippen MR) is 104 cm³/mol. The zero-order valence-electron chi connectivity index (χ0n) is 13.6. The van der Waals surface area contributed by atoms with Crippen molar-refractivity contribution in [2.75, 3.05) is 40.8 Å². The molecule has 0 saturated heterocycles. The van der Waals surface area contributed by atoms with Gasteiger partial charge < -0.3 is 20.3 Å². The molecule has 0 atom stereocenters. The third-order valence-electron chi connectivity index (χ3n) is 2.80. The maximum absolute atomic E-state index is 5.73. The van der Waals surface area contributed by atoms with E-state index in [0.717, 1.165) is 23.8 Å². The summed E-state index contributed by atoms with van der Waals surface area (Å²) in [5.74, 6) is 1.65. The molecule has 1 aromatic carbocycles. The first-order valence-electron chi connectivity index (χ1n) is 7.07. The fourth-order valence-corrected chi connectivity index (χ4v) is 1.67. The fourth-order valence-electron chi connectivity index (χ4n) is 1.67. The average molecular weight is 418 g/mol. The summed E-state index contributed by atoms with van der Waals surface area (Å²) in [5, 5.41) is 6.38. The van der Waals surface area contributed by atoms with Crippen molar-refractivity contribution in [3.63, 3.8) is 0 Å². The number of hydrogen-bond donors (Lipinski definition) is 2. The van der Waals surface area contributed by atoms with Crippen molar-refractivity contribution in [3.8, 4) is 5.75 Å². The van der Waals surface area contributed by atoms with Gasteiger partial charge in [-0.05, 0) is 31.8 Å². The highest BCUT2D eigenvalue weighted by molar-refractivity contribution is 14.0. The number of benzene rings is 1. The summed E-state index contributed by atoms with van der Waals surface area (Å²) in [4.78, 5) is 6.24. The first-order chi connectivity index (χ1) is 10.2. The van der Waals surface area contributed by atoms with Gasteiger partial charge in [0.05, 0.1) is 0 Å². The van der Waals surface area contributed by atoms with Gasteiger partial charge in [-0.3, -0.25) is 4.99 Å². The Bertz CT molecular complexity index is 463. The summed E-state index contributed by atoms with van der Waals surface area (Å²) in [6, 6.07) is 8.09. The van der Waals surface area contributed by atoms with E-state index in [1.54, 1.807) is 13.1 Å². The van der Waals surface area contributed by atoms with Crippen molar-refractivity contribution in [2.45, 2.75) is 6.54 Å². The number of hydrogen-bond acceptors (Lipinski definition) is 3. The summed E-state index contributed by atoms with van der Waals surface area (Å²) in [6.45, 7) is 6.65. The Morgan fingerprint density at radius 2 is 2.14 bits per heavy atom. The van der Waals surface area contributed by atoms with Gasteiger partial charge in [0, 0.05) is 26.7 Å². The molecule has 1 rings (SSSR count). The molecule has 6 heteroatoms. The standard InChI is InChI=1S/C16H26N4O.HI/c1-5-9-18-16(17-2)19-13-14-7-6-8-15(12-14)21-11-10-20(3)4;/h5-8,12H,1,9-11,13H2,2-4H3,(H2,17,18,19);1H. The van der Waals surface area contributed by atoms with Crippen LogP contribution in [0, 0.1) is 0 Å². The summed E-state index contributed by atoms with van der Waals surface area (Å²) < 4.78 is 5.73. The number of halogens is 1. The highest BCUT2D eigenvalue weighted by Crippen LogP contribution is 2.13. The van der Waals surface area contributed by atoms with Crippen LogP contribution in [0.4, 0.5) is 0 Å². The fraction of sp³-hybridized carbons (Fsp3) is 0.438. The van der Waals surface area contributed by atoms with Gasteiger partial charge in [-0.15, -0.1) is 30.6 Å². The van der Waals surface area contributed by atoms with E-state index in [-0.39, 0.29) is 24.0 Å². The highest BCUT2D eigenvalue weighted by Gasteiger charge is 2.00. The van der Waals surface area contributed by atoms with E-state index in [1.807, 2.05) is 32.3 Å². The van der Waals surface area contributed by atoms with Crippen molar-refractivity contribution in [2.24, 2.45) is 4.99 Å². The lowest BCUT2D eigenvalue weighted by Crippen LogP contribution is -2.36. The van der Waals surface area contributed by atoms with E-state index in [4.69, 9.17) is 4.74 Å². The van der Waals surface area contributed by atoms with Crippen LogP contribution in [-0.2, 0) is 6.54 Å².